The molecule has 96 valence electrons. The highest BCUT2D eigenvalue weighted by molar-refractivity contribution is 5.89. The fraction of sp³-hybridized carbons (Fsp3) is 0.357. The first-order chi connectivity index (χ1) is 8.54. The predicted octanol–water partition coefficient (Wildman–Crippen LogP) is 2.38. The van der Waals surface area contributed by atoms with E-state index in [1.165, 1.54) is 0 Å². The molecular formula is C14H17NO3. The predicted molar refractivity (Wildman–Crippen MR) is 67.7 cm³/mol. The maximum atomic E-state index is 12.0. The van der Waals surface area contributed by atoms with Gasteiger partial charge in [0.25, 0.3) is 0 Å². The molecule has 1 fully saturated rings. The Labute approximate surface area is 107 Å². The van der Waals surface area contributed by atoms with Gasteiger partial charge in [0.2, 0.25) is 0 Å². The monoisotopic (exact) mass is 247 g/mol. The minimum atomic E-state index is -0.636. The van der Waals surface area contributed by atoms with Crippen LogP contribution in [-0.2, 0) is 9.57 Å². The van der Waals surface area contributed by atoms with Gasteiger partial charge in [-0.25, -0.2) is 4.79 Å². The SMILES string of the molecule is C=CC1COC(C)(C)N1OC(=O)c1ccccc1. The molecule has 0 radical (unpaired) electrons. The third kappa shape index (κ3) is 2.44. The Kier molecular flexibility index (Phi) is 3.50. The number of carbonyl (C=O) groups excluding carboxylic acids is 1. The smallest absolute Gasteiger partial charge is 0.357 e. The second-order valence-electron chi connectivity index (χ2n) is 4.63. The maximum absolute atomic E-state index is 12.0. The number of hydroxylamine groups is 2. The Morgan fingerprint density at radius 2 is 2.17 bits per heavy atom. The molecule has 4 nitrogen and oxygen atoms in total. The van der Waals surface area contributed by atoms with Crippen molar-refractivity contribution >= 4 is 5.97 Å². The lowest BCUT2D eigenvalue weighted by Crippen LogP contribution is -2.44. The second kappa shape index (κ2) is 4.92. The Bertz CT molecular complexity index is 442. The Hall–Kier alpha value is -1.65. The molecule has 0 aromatic heterocycles. The average molecular weight is 247 g/mol. The first-order valence-electron chi connectivity index (χ1n) is 5.88. The molecule has 2 rings (SSSR count). The number of hydrogen-bond donors (Lipinski definition) is 0. The van der Waals surface area contributed by atoms with Gasteiger partial charge in [-0.2, -0.15) is 0 Å². The number of nitrogens with zero attached hydrogens (tertiary/aromatic N) is 1. The number of carbonyl (C=O) groups is 1. The molecule has 0 amide bonds. The molecule has 1 aromatic carbocycles. The first kappa shape index (κ1) is 12.8. The van der Waals surface area contributed by atoms with Gasteiger partial charge in [-0.1, -0.05) is 29.3 Å². The van der Waals surface area contributed by atoms with Crippen LogP contribution >= 0.6 is 0 Å². The molecule has 0 spiro atoms. The normalized spacial score (nSPS) is 22.7. The zero-order chi connectivity index (χ0) is 13.2. The Morgan fingerprint density at radius 1 is 1.50 bits per heavy atom. The molecule has 0 bridgehead atoms. The van der Waals surface area contributed by atoms with Crippen molar-refractivity contribution in [1.29, 1.82) is 0 Å². The summed E-state index contributed by atoms with van der Waals surface area (Å²) in [5.74, 6) is -0.388. The van der Waals surface area contributed by atoms with E-state index in [9.17, 15) is 4.79 Å². The van der Waals surface area contributed by atoms with Gasteiger partial charge in [-0.3, -0.25) is 0 Å². The Morgan fingerprint density at radius 3 is 2.78 bits per heavy atom. The summed E-state index contributed by atoms with van der Waals surface area (Å²) >= 11 is 0. The molecule has 0 saturated carbocycles. The van der Waals surface area contributed by atoms with Crippen LogP contribution in [-0.4, -0.2) is 29.4 Å². The van der Waals surface area contributed by atoms with E-state index in [0.29, 0.717) is 12.2 Å². The summed E-state index contributed by atoms with van der Waals surface area (Å²) in [5.41, 5.74) is -0.119. The zero-order valence-corrected chi connectivity index (χ0v) is 10.6. The summed E-state index contributed by atoms with van der Waals surface area (Å²) in [6.07, 6.45) is 1.72. The summed E-state index contributed by atoms with van der Waals surface area (Å²) in [5, 5.41) is 1.55. The van der Waals surface area contributed by atoms with Crippen LogP contribution in [0.4, 0.5) is 0 Å². The number of benzene rings is 1. The van der Waals surface area contributed by atoms with E-state index in [4.69, 9.17) is 9.57 Å². The highest BCUT2D eigenvalue weighted by atomic mass is 16.8. The molecular weight excluding hydrogens is 230 g/mol. The summed E-state index contributed by atoms with van der Waals surface area (Å²) in [6.45, 7) is 7.91. The van der Waals surface area contributed by atoms with E-state index in [0.717, 1.165) is 0 Å². The van der Waals surface area contributed by atoms with Crippen molar-refractivity contribution < 1.29 is 14.4 Å². The summed E-state index contributed by atoms with van der Waals surface area (Å²) in [6, 6.07) is 8.77. The minimum absolute atomic E-state index is 0.118. The standard InChI is InChI=1S/C14H17NO3/c1-4-12-10-17-14(2,3)15(12)18-13(16)11-8-6-5-7-9-11/h4-9,12H,1,10H2,2-3H3. The third-order valence-corrected chi connectivity index (χ3v) is 2.90. The highest BCUT2D eigenvalue weighted by Crippen LogP contribution is 2.28. The second-order valence-corrected chi connectivity index (χ2v) is 4.63. The van der Waals surface area contributed by atoms with Crippen molar-refractivity contribution in [1.82, 2.24) is 5.06 Å². The van der Waals surface area contributed by atoms with E-state index in [2.05, 4.69) is 6.58 Å². The molecule has 4 heteroatoms. The van der Waals surface area contributed by atoms with Crippen LogP contribution in [0.15, 0.2) is 43.0 Å². The maximum Gasteiger partial charge on any atom is 0.357 e. The fourth-order valence-electron chi connectivity index (χ4n) is 1.88. The van der Waals surface area contributed by atoms with Gasteiger partial charge < -0.3 is 9.57 Å². The third-order valence-electron chi connectivity index (χ3n) is 2.90. The molecule has 1 aliphatic rings. The minimum Gasteiger partial charge on any atom is -0.360 e. The summed E-state index contributed by atoms with van der Waals surface area (Å²) in [7, 11) is 0. The van der Waals surface area contributed by atoms with Crippen LogP contribution in [0.1, 0.15) is 24.2 Å². The lowest BCUT2D eigenvalue weighted by molar-refractivity contribution is -0.214. The number of ether oxygens (including phenoxy) is 1. The zero-order valence-electron chi connectivity index (χ0n) is 10.6. The van der Waals surface area contributed by atoms with Crippen LogP contribution in [0.25, 0.3) is 0 Å². The molecule has 1 aromatic rings. The Balaban J connectivity index is 2.13. The van der Waals surface area contributed by atoms with E-state index >= 15 is 0 Å². The van der Waals surface area contributed by atoms with Crippen LogP contribution in [0, 0.1) is 0 Å². The summed E-state index contributed by atoms with van der Waals surface area (Å²) in [4.78, 5) is 17.4. The van der Waals surface area contributed by atoms with Crippen molar-refractivity contribution in [2.24, 2.45) is 0 Å². The van der Waals surface area contributed by atoms with Crippen LogP contribution in [0.3, 0.4) is 0 Å². The van der Waals surface area contributed by atoms with Crippen LogP contribution < -0.4 is 0 Å². The van der Waals surface area contributed by atoms with Crippen LogP contribution in [0.5, 0.6) is 0 Å². The van der Waals surface area contributed by atoms with E-state index in [1.54, 1.807) is 35.4 Å². The lowest BCUT2D eigenvalue weighted by atomic mass is 10.2. The van der Waals surface area contributed by atoms with E-state index in [-0.39, 0.29) is 12.0 Å². The van der Waals surface area contributed by atoms with Crippen molar-refractivity contribution in [3.8, 4) is 0 Å². The van der Waals surface area contributed by atoms with Gasteiger partial charge in [-0.05, 0) is 26.0 Å². The number of rotatable bonds is 3. The molecule has 18 heavy (non-hydrogen) atoms. The van der Waals surface area contributed by atoms with Crippen molar-refractivity contribution in [3.63, 3.8) is 0 Å². The largest absolute Gasteiger partial charge is 0.360 e. The number of hydrogen-bond acceptors (Lipinski definition) is 4. The highest BCUT2D eigenvalue weighted by Gasteiger charge is 2.42. The molecule has 1 atom stereocenters. The molecule has 1 aliphatic heterocycles. The van der Waals surface area contributed by atoms with Gasteiger partial charge in [0.1, 0.15) is 5.72 Å². The molecule has 1 heterocycles. The van der Waals surface area contributed by atoms with Crippen molar-refractivity contribution in [2.75, 3.05) is 6.61 Å². The van der Waals surface area contributed by atoms with Gasteiger partial charge >= 0.3 is 5.97 Å². The van der Waals surface area contributed by atoms with Gasteiger partial charge in [0.15, 0.2) is 0 Å². The molecule has 0 N–H and O–H groups in total. The van der Waals surface area contributed by atoms with Crippen molar-refractivity contribution in [3.05, 3.63) is 48.6 Å². The average Bonchev–Trinajstić information content (AvgIpc) is 2.66. The van der Waals surface area contributed by atoms with Gasteiger partial charge in [0.05, 0.1) is 18.2 Å². The van der Waals surface area contributed by atoms with E-state index < -0.39 is 5.72 Å². The van der Waals surface area contributed by atoms with Gasteiger partial charge in [0, 0.05) is 0 Å². The first-order valence-corrected chi connectivity index (χ1v) is 5.88. The van der Waals surface area contributed by atoms with E-state index in [1.807, 2.05) is 19.9 Å². The van der Waals surface area contributed by atoms with Crippen molar-refractivity contribution in [2.45, 2.75) is 25.6 Å². The lowest BCUT2D eigenvalue weighted by Gasteiger charge is -2.30. The summed E-state index contributed by atoms with van der Waals surface area (Å²) < 4.78 is 5.57. The fourth-order valence-corrected chi connectivity index (χ4v) is 1.88. The topological polar surface area (TPSA) is 38.8 Å². The molecule has 1 saturated heterocycles. The quantitative estimate of drug-likeness (QED) is 0.769. The molecule has 0 aliphatic carbocycles. The molecule has 1 unspecified atom stereocenters. The van der Waals surface area contributed by atoms with Gasteiger partial charge in [-0.15, -0.1) is 6.58 Å². The van der Waals surface area contributed by atoms with Crippen LogP contribution in [0.2, 0.25) is 0 Å².